The Labute approximate surface area is 84.7 Å². The van der Waals surface area contributed by atoms with E-state index in [1.54, 1.807) is 0 Å². The Morgan fingerprint density at radius 3 is 2.50 bits per heavy atom. The van der Waals surface area contributed by atoms with Crippen molar-refractivity contribution in [2.75, 3.05) is 33.2 Å². The molecule has 2 heterocycles. The molecule has 14 heavy (non-hydrogen) atoms. The van der Waals surface area contributed by atoms with Gasteiger partial charge in [0.05, 0.1) is 6.54 Å². The van der Waals surface area contributed by atoms with Crippen LogP contribution in [0.5, 0.6) is 0 Å². The summed E-state index contributed by atoms with van der Waals surface area (Å²) in [7, 11) is 1.91. The van der Waals surface area contributed by atoms with Gasteiger partial charge in [-0.25, -0.2) is 8.78 Å². The summed E-state index contributed by atoms with van der Waals surface area (Å²) in [6, 6.07) is 0. The van der Waals surface area contributed by atoms with Gasteiger partial charge in [0.25, 0.3) is 5.92 Å². The largest absolute Gasteiger partial charge is 0.311 e. The van der Waals surface area contributed by atoms with Crippen molar-refractivity contribution in [3.8, 4) is 0 Å². The van der Waals surface area contributed by atoms with Gasteiger partial charge in [-0.2, -0.15) is 0 Å². The van der Waals surface area contributed by atoms with E-state index < -0.39 is 11.8 Å². The van der Waals surface area contributed by atoms with Crippen LogP contribution in [-0.2, 0) is 0 Å². The van der Waals surface area contributed by atoms with E-state index in [4.69, 9.17) is 0 Å². The molecule has 0 saturated carbocycles. The minimum Gasteiger partial charge on any atom is -0.311 e. The van der Waals surface area contributed by atoms with Crippen LogP contribution in [0.25, 0.3) is 0 Å². The first-order valence-electron chi connectivity index (χ1n) is 5.37. The van der Waals surface area contributed by atoms with Crippen molar-refractivity contribution in [2.24, 2.45) is 11.8 Å². The molecule has 2 aliphatic rings. The van der Waals surface area contributed by atoms with Gasteiger partial charge in [0.1, 0.15) is 0 Å². The van der Waals surface area contributed by atoms with Crippen LogP contribution < -0.4 is 5.32 Å². The van der Waals surface area contributed by atoms with Gasteiger partial charge >= 0.3 is 0 Å². The van der Waals surface area contributed by atoms with Gasteiger partial charge in [0, 0.05) is 19.0 Å². The van der Waals surface area contributed by atoms with Crippen molar-refractivity contribution in [3.05, 3.63) is 0 Å². The van der Waals surface area contributed by atoms with Crippen LogP contribution in [0.1, 0.15) is 13.8 Å². The number of halogens is 2. The summed E-state index contributed by atoms with van der Waals surface area (Å²) >= 11 is 0. The highest BCUT2D eigenvalue weighted by Crippen LogP contribution is 2.37. The first-order valence-corrected chi connectivity index (χ1v) is 5.37. The molecule has 0 aromatic rings. The lowest BCUT2D eigenvalue weighted by molar-refractivity contribution is -0.0817. The summed E-state index contributed by atoms with van der Waals surface area (Å²) in [4.78, 5) is 2.00. The van der Waals surface area contributed by atoms with Crippen molar-refractivity contribution < 1.29 is 8.78 Å². The molecule has 2 aliphatic heterocycles. The predicted molar refractivity (Wildman–Crippen MR) is 53.6 cm³/mol. The first kappa shape index (κ1) is 11.9. The molecule has 2 rings (SSSR count). The molecule has 4 heteroatoms. The molecule has 2 nitrogen and oxygen atoms in total. The maximum Gasteiger partial charge on any atom is 0.264 e. The molecule has 2 unspecified atom stereocenters. The molecule has 0 aromatic heterocycles. The Morgan fingerprint density at radius 1 is 1.29 bits per heavy atom. The average Bonchev–Trinajstić information content (AvgIpc) is 2.50. The molecule has 0 aliphatic carbocycles. The number of nitrogens with zero attached hydrogens (tertiary/aromatic N) is 1. The lowest BCUT2D eigenvalue weighted by atomic mass is 9.87. The molecular weight excluding hydrogens is 186 g/mol. The van der Waals surface area contributed by atoms with E-state index in [1.807, 2.05) is 25.8 Å². The van der Waals surface area contributed by atoms with Crippen molar-refractivity contribution in [1.82, 2.24) is 10.2 Å². The second-order valence-corrected chi connectivity index (χ2v) is 3.98. The van der Waals surface area contributed by atoms with Gasteiger partial charge in [-0.15, -0.1) is 0 Å². The molecule has 84 valence electrons. The molecule has 0 spiro atoms. The van der Waals surface area contributed by atoms with Crippen molar-refractivity contribution >= 4 is 0 Å². The highest BCUT2D eigenvalue weighted by Gasteiger charge is 2.50. The highest BCUT2D eigenvalue weighted by atomic mass is 19.3. The van der Waals surface area contributed by atoms with Crippen LogP contribution >= 0.6 is 0 Å². The van der Waals surface area contributed by atoms with E-state index in [2.05, 4.69) is 5.32 Å². The van der Waals surface area contributed by atoms with Crippen molar-refractivity contribution in [2.45, 2.75) is 19.8 Å². The van der Waals surface area contributed by atoms with E-state index >= 15 is 0 Å². The van der Waals surface area contributed by atoms with Crippen LogP contribution in [0.4, 0.5) is 8.78 Å². The molecule has 0 aromatic carbocycles. The fourth-order valence-corrected chi connectivity index (χ4v) is 2.33. The third-order valence-corrected chi connectivity index (χ3v) is 2.93. The SMILES string of the molecule is CC.CN1CC2CNCC(F)(F)C2C1. The summed E-state index contributed by atoms with van der Waals surface area (Å²) in [5.41, 5.74) is 0. The fourth-order valence-electron chi connectivity index (χ4n) is 2.33. The fraction of sp³-hybridized carbons (Fsp3) is 1.00. The highest BCUT2D eigenvalue weighted by molar-refractivity contribution is 4.96. The maximum atomic E-state index is 13.2. The number of hydrogen-bond acceptors (Lipinski definition) is 2. The summed E-state index contributed by atoms with van der Waals surface area (Å²) < 4.78 is 26.5. The van der Waals surface area contributed by atoms with Gasteiger partial charge < -0.3 is 10.2 Å². The van der Waals surface area contributed by atoms with E-state index in [0.29, 0.717) is 6.54 Å². The zero-order chi connectivity index (χ0) is 10.8. The van der Waals surface area contributed by atoms with Crippen LogP contribution in [0.3, 0.4) is 0 Å². The molecule has 0 radical (unpaired) electrons. The molecule has 0 amide bonds. The summed E-state index contributed by atoms with van der Waals surface area (Å²) in [6.07, 6.45) is 0. The second-order valence-electron chi connectivity index (χ2n) is 3.98. The van der Waals surface area contributed by atoms with Crippen LogP contribution in [0, 0.1) is 11.8 Å². The Kier molecular flexibility index (Phi) is 3.84. The monoisotopic (exact) mass is 206 g/mol. The third kappa shape index (κ3) is 2.23. The van der Waals surface area contributed by atoms with E-state index in [1.165, 1.54) is 0 Å². The second kappa shape index (κ2) is 4.53. The Bertz CT molecular complexity index is 185. The van der Waals surface area contributed by atoms with Crippen LogP contribution in [0.15, 0.2) is 0 Å². The minimum absolute atomic E-state index is 0.137. The molecule has 2 atom stereocenters. The number of fused-ring (bicyclic) bond motifs is 1. The van der Waals surface area contributed by atoms with Crippen LogP contribution in [0.2, 0.25) is 0 Å². The maximum absolute atomic E-state index is 13.2. The Morgan fingerprint density at radius 2 is 1.93 bits per heavy atom. The van der Waals surface area contributed by atoms with E-state index in [-0.39, 0.29) is 12.5 Å². The first-order chi connectivity index (χ1) is 6.59. The topological polar surface area (TPSA) is 15.3 Å². The zero-order valence-corrected chi connectivity index (χ0v) is 9.19. The molecule has 1 N–H and O–H groups in total. The number of alkyl halides is 2. The van der Waals surface area contributed by atoms with Crippen LogP contribution in [-0.4, -0.2) is 44.0 Å². The van der Waals surface area contributed by atoms with Gasteiger partial charge in [0.2, 0.25) is 0 Å². The number of hydrogen-bond donors (Lipinski definition) is 1. The quantitative estimate of drug-likeness (QED) is 0.645. The van der Waals surface area contributed by atoms with Crippen molar-refractivity contribution in [1.29, 1.82) is 0 Å². The lowest BCUT2D eigenvalue weighted by Gasteiger charge is -2.33. The number of nitrogens with one attached hydrogen (secondary N) is 1. The third-order valence-electron chi connectivity index (χ3n) is 2.93. The predicted octanol–water partition coefficient (Wildman–Crippen LogP) is 1.43. The van der Waals surface area contributed by atoms with Gasteiger partial charge in [-0.05, 0) is 19.5 Å². The molecule has 2 saturated heterocycles. The van der Waals surface area contributed by atoms with E-state index in [0.717, 1.165) is 13.1 Å². The average molecular weight is 206 g/mol. The molecule has 0 bridgehead atoms. The summed E-state index contributed by atoms with van der Waals surface area (Å²) in [5, 5.41) is 2.79. The molecular formula is C10H20F2N2. The van der Waals surface area contributed by atoms with Gasteiger partial charge in [-0.3, -0.25) is 0 Å². The smallest absolute Gasteiger partial charge is 0.264 e. The van der Waals surface area contributed by atoms with Gasteiger partial charge in [-0.1, -0.05) is 13.8 Å². The normalized spacial score (nSPS) is 35.8. The molecule has 2 fully saturated rings. The Balaban J connectivity index is 0.000000461. The zero-order valence-electron chi connectivity index (χ0n) is 9.19. The minimum atomic E-state index is -2.49. The number of rotatable bonds is 0. The summed E-state index contributed by atoms with van der Waals surface area (Å²) in [5.74, 6) is -2.75. The Hall–Kier alpha value is -0.220. The number of likely N-dealkylation sites (tertiary alicyclic amines) is 1. The lowest BCUT2D eigenvalue weighted by Crippen LogP contribution is -2.50. The van der Waals surface area contributed by atoms with Gasteiger partial charge in [0.15, 0.2) is 0 Å². The summed E-state index contributed by atoms with van der Waals surface area (Å²) in [6.45, 7) is 5.99. The van der Waals surface area contributed by atoms with E-state index in [9.17, 15) is 8.78 Å². The number of piperidine rings is 1. The standard InChI is InChI=1S/C8H14F2N2.C2H6/c1-12-3-6-2-11-5-8(9,10)7(6)4-12;1-2/h6-7,11H,2-5H2,1H3;1-2H3. The van der Waals surface area contributed by atoms with Crippen molar-refractivity contribution in [3.63, 3.8) is 0 Å².